The molecular weight excluding hydrogens is 733 g/mol. The molecule has 0 spiro atoms. The maximum Gasteiger partial charge on any atom is 0.0562 e. The average Bonchev–Trinajstić information content (AvgIpc) is 3.85. The normalized spacial score (nSPS) is 11.7. The maximum absolute atomic E-state index is 2.45. The predicted molar refractivity (Wildman–Crippen MR) is 254 cm³/mol. The molecule has 0 bridgehead atoms. The second-order valence-corrected chi connectivity index (χ2v) is 16.4. The number of fused-ring (bicyclic) bond motifs is 9. The third kappa shape index (κ3) is 5.47. The topological polar surface area (TPSA) is 8.17 Å². The molecule has 0 aliphatic rings. The van der Waals surface area contributed by atoms with Crippen molar-refractivity contribution in [2.24, 2.45) is 0 Å². The van der Waals surface area contributed by atoms with Gasteiger partial charge >= 0.3 is 0 Å². The van der Waals surface area contributed by atoms with Crippen LogP contribution in [-0.4, -0.2) is 4.57 Å². The van der Waals surface area contributed by atoms with Crippen LogP contribution >= 0.6 is 11.3 Å². The van der Waals surface area contributed by atoms with Crippen molar-refractivity contribution in [1.29, 1.82) is 0 Å². The van der Waals surface area contributed by atoms with Gasteiger partial charge in [0.05, 0.1) is 11.0 Å². The van der Waals surface area contributed by atoms with Gasteiger partial charge in [0.15, 0.2) is 0 Å². The molecule has 2 aromatic heterocycles. The standard InChI is InChI=1S/C56H36N2S/c1-3-14-37(15-4-1)45-25-12-17-39-18-13-26-47(55(39)45)40-19-11-22-42(34-40)57(44-29-31-49-48-24-9-10-27-53(48)59-54(49)36-44)43-30-32-50-52(35-43)58(41-20-5-2-6-21-41)51-33-28-38-16-7-8-23-46(38)56(50)51/h1-36H. The summed E-state index contributed by atoms with van der Waals surface area (Å²) < 4.78 is 5.02. The van der Waals surface area contributed by atoms with E-state index in [1.165, 1.54) is 85.8 Å². The Morgan fingerprint density at radius 1 is 0.339 bits per heavy atom. The minimum Gasteiger partial charge on any atom is -0.310 e. The Morgan fingerprint density at radius 2 is 0.949 bits per heavy atom. The molecule has 0 saturated heterocycles. The molecule has 0 radical (unpaired) electrons. The van der Waals surface area contributed by atoms with Crippen LogP contribution in [0.4, 0.5) is 17.1 Å². The van der Waals surface area contributed by atoms with Crippen molar-refractivity contribution in [1.82, 2.24) is 4.57 Å². The summed E-state index contributed by atoms with van der Waals surface area (Å²) in [6.07, 6.45) is 0. The highest BCUT2D eigenvalue weighted by Gasteiger charge is 2.21. The van der Waals surface area contributed by atoms with Gasteiger partial charge in [-0.05, 0) is 104 Å². The van der Waals surface area contributed by atoms with Crippen molar-refractivity contribution in [3.05, 3.63) is 218 Å². The Hall–Kier alpha value is -7.46. The first-order chi connectivity index (χ1) is 29.3. The zero-order valence-electron chi connectivity index (χ0n) is 32.1. The number of rotatable bonds is 6. The molecule has 0 saturated carbocycles. The number of anilines is 3. The van der Waals surface area contributed by atoms with Crippen LogP contribution in [0.15, 0.2) is 218 Å². The molecule has 12 aromatic rings. The molecule has 0 fully saturated rings. The van der Waals surface area contributed by atoms with E-state index >= 15 is 0 Å². The van der Waals surface area contributed by atoms with Gasteiger partial charge in [-0.3, -0.25) is 0 Å². The summed E-state index contributed by atoms with van der Waals surface area (Å²) in [7, 11) is 0. The Morgan fingerprint density at radius 3 is 1.78 bits per heavy atom. The minimum absolute atomic E-state index is 1.10. The maximum atomic E-state index is 2.45. The van der Waals surface area contributed by atoms with Crippen molar-refractivity contribution < 1.29 is 0 Å². The molecule has 0 amide bonds. The average molecular weight is 769 g/mol. The third-order valence-electron chi connectivity index (χ3n) is 11.9. The molecule has 0 aliphatic carbocycles. The lowest BCUT2D eigenvalue weighted by atomic mass is 9.91. The highest BCUT2D eigenvalue weighted by Crippen LogP contribution is 2.45. The lowest BCUT2D eigenvalue weighted by Crippen LogP contribution is -2.10. The molecule has 59 heavy (non-hydrogen) atoms. The zero-order chi connectivity index (χ0) is 38.9. The molecule has 0 aliphatic heterocycles. The fourth-order valence-corrected chi connectivity index (χ4v) is 10.5. The van der Waals surface area contributed by atoms with Crippen molar-refractivity contribution in [3.8, 4) is 27.9 Å². The fraction of sp³-hybridized carbons (Fsp3) is 0. The van der Waals surface area contributed by atoms with Crippen molar-refractivity contribution >= 4 is 91.9 Å². The summed E-state index contributed by atoms with van der Waals surface area (Å²) >= 11 is 1.86. The summed E-state index contributed by atoms with van der Waals surface area (Å²) in [6.45, 7) is 0. The van der Waals surface area contributed by atoms with Gasteiger partial charge in [0, 0.05) is 53.7 Å². The fourth-order valence-electron chi connectivity index (χ4n) is 9.32. The number of thiophene rings is 1. The van der Waals surface area contributed by atoms with E-state index in [0.717, 1.165) is 22.7 Å². The minimum atomic E-state index is 1.10. The second-order valence-electron chi connectivity index (χ2n) is 15.3. The van der Waals surface area contributed by atoms with E-state index in [1.807, 2.05) is 11.3 Å². The van der Waals surface area contributed by atoms with Gasteiger partial charge in [0.25, 0.3) is 0 Å². The van der Waals surface area contributed by atoms with E-state index in [4.69, 9.17) is 0 Å². The number of aromatic nitrogens is 1. The van der Waals surface area contributed by atoms with Crippen LogP contribution in [0, 0.1) is 0 Å². The predicted octanol–water partition coefficient (Wildman–Crippen LogP) is 16.3. The van der Waals surface area contributed by atoms with E-state index in [-0.39, 0.29) is 0 Å². The molecule has 2 heterocycles. The van der Waals surface area contributed by atoms with Gasteiger partial charge in [-0.25, -0.2) is 0 Å². The third-order valence-corrected chi connectivity index (χ3v) is 13.1. The Bertz CT molecular complexity index is 3560. The number of benzene rings is 10. The molecule has 0 unspecified atom stereocenters. The van der Waals surface area contributed by atoms with Crippen LogP contribution in [0.5, 0.6) is 0 Å². The largest absolute Gasteiger partial charge is 0.310 e. The SMILES string of the molecule is c1ccc(-c2cccc3cccc(-c4cccc(N(c5ccc6c(c5)sc5ccccc56)c5ccc6c7c8ccccc8ccc7n(-c7ccccc7)c6c5)c4)c23)cc1. The Kier molecular flexibility index (Phi) is 7.75. The van der Waals surface area contributed by atoms with Crippen LogP contribution in [0.25, 0.3) is 91.5 Å². The van der Waals surface area contributed by atoms with E-state index in [0.29, 0.717) is 0 Å². The number of hydrogen-bond donors (Lipinski definition) is 0. The van der Waals surface area contributed by atoms with Gasteiger partial charge in [-0.1, -0.05) is 158 Å². The van der Waals surface area contributed by atoms with Gasteiger partial charge in [-0.15, -0.1) is 11.3 Å². The quantitative estimate of drug-likeness (QED) is 0.164. The summed E-state index contributed by atoms with van der Waals surface area (Å²) in [5.74, 6) is 0. The van der Waals surface area contributed by atoms with Crippen LogP contribution in [0.1, 0.15) is 0 Å². The first-order valence-corrected chi connectivity index (χ1v) is 21.0. The van der Waals surface area contributed by atoms with E-state index in [9.17, 15) is 0 Å². The van der Waals surface area contributed by atoms with E-state index < -0.39 is 0 Å². The molecule has 3 heteroatoms. The molecule has 10 aromatic carbocycles. The van der Waals surface area contributed by atoms with E-state index in [2.05, 4.69) is 228 Å². The molecule has 0 N–H and O–H groups in total. The smallest absolute Gasteiger partial charge is 0.0562 e. The monoisotopic (exact) mass is 768 g/mol. The molecule has 12 rings (SSSR count). The molecule has 0 atom stereocenters. The van der Waals surface area contributed by atoms with Crippen LogP contribution in [0.3, 0.4) is 0 Å². The van der Waals surface area contributed by atoms with Crippen LogP contribution < -0.4 is 4.90 Å². The second kappa shape index (κ2) is 13.6. The Labute approximate surface area is 346 Å². The van der Waals surface area contributed by atoms with Crippen molar-refractivity contribution in [2.75, 3.05) is 4.90 Å². The van der Waals surface area contributed by atoms with Crippen molar-refractivity contribution in [3.63, 3.8) is 0 Å². The van der Waals surface area contributed by atoms with Gasteiger partial charge in [0.2, 0.25) is 0 Å². The number of nitrogens with zero attached hydrogens (tertiary/aromatic N) is 2. The molecule has 276 valence electrons. The van der Waals surface area contributed by atoms with Gasteiger partial charge in [-0.2, -0.15) is 0 Å². The van der Waals surface area contributed by atoms with Crippen LogP contribution in [0.2, 0.25) is 0 Å². The van der Waals surface area contributed by atoms with Crippen LogP contribution in [-0.2, 0) is 0 Å². The summed E-state index contributed by atoms with van der Waals surface area (Å²) in [5.41, 5.74) is 11.7. The van der Waals surface area contributed by atoms with E-state index in [1.54, 1.807) is 0 Å². The molecular formula is C56H36N2S. The number of hydrogen-bond acceptors (Lipinski definition) is 2. The first-order valence-electron chi connectivity index (χ1n) is 20.2. The highest BCUT2D eigenvalue weighted by molar-refractivity contribution is 7.25. The lowest BCUT2D eigenvalue weighted by molar-refractivity contribution is 1.18. The Balaban J connectivity index is 1.11. The lowest BCUT2D eigenvalue weighted by Gasteiger charge is -2.26. The van der Waals surface area contributed by atoms with Gasteiger partial charge in [0.1, 0.15) is 0 Å². The first kappa shape index (κ1) is 33.7. The summed E-state index contributed by atoms with van der Waals surface area (Å²) in [6, 6.07) is 80.0. The summed E-state index contributed by atoms with van der Waals surface area (Å²) in [4.78, 5) is 2.45. The van der Waals surface area contributed by atoms with Crippen molar-refractivity contribution in [2.45, 2.75) is 0 Å². The number of para-hydroxylation sites is 1. The zero-order valence-corrected chi connectivity index (χ0v) is 32.9. The summed E-state index contributed by atoms with van der Waals surface area (Å²) in [5, 5.41) is 10.1. The highest BCUT2D eigenvalue weighted by atomic mass is 32.1. The van der Waals surface area contributed by atoms with Gasteiger partial charge < -0.3 is 9.47 Å². The molecule has 2 nitrogen and oxygen atoms in total.